The van der Waals surface area contributed by atoms with Crippen molar-refractivity contribution in [3.8, 4) is 11.5 Å². The van der Waals surface area contributed by atoms with Gasteiger partial charge in [0.15, 0.2) is 17.3 Å². The van der Waals surface area contributed by atoms with Crippen LogP contribution in [-0.4, -0.2) is 25.2 Å². The van der Waals surface area contributed by atoms with E-state index in [9.17, 15) is 4.39 Å². The zero-order valence-electron chi connectivity index (χ0n) is 13.2. The molecule has 0 radical (unpaired) electrons. The van der Waals surface area contributed by atoms with E-state index in [0.717, 1.165) is 31.6 Å². The smallest absolute Gasteiger partial charge is 0.197 e. The lowest BCUT2D eigenvalue weighted by Crippen LogP contribution is -2.35. The summed E-state index contributed by atoms with van der Waals surface area (Å²) in [5.41, 5.74) is 0.812. The largest absolute Gasteiger partial charge is 0.493 e. The molecule has 0 unspecified atom stereocenters. The Balaban J connectivity index is 1.93. The molecule has 0 saturated carbocycles. The average Bonchev–Trinajstić information content (AvgIpc) is 2.62. The Morgan fingerprint density at radius 2 is 2.17 bits per heavy atom. The summed E-state index contributed by atoms with van der Waals surface area (Å²) in [6, 6.07) is 10.4. The van der Waals surface area contributed by atoms with Crippen molar-refractivity contribution in [1.29, 1.82) is 0 Å². The van der Waals surface area contributed by atoms with Crippen LogP contribution in [0, 0.1) is 11.7 Å². The van der Waals surface area contributed by atoms with E-state index in [0.29, 0.717) is 5.75 Å². The summed E-state index contributed by atoms with van der Waals surface area (Å²) in [5.74, 6) is 0.364. The lowest BCUT2D eigenvalue weighted by atomic mass is 9.91. The number of hydrogen-bond donors (Lipinski definition) is 1. The number of piperidine rings is 1. The van der Waals surface area contributed by atoms with Crippen molar-refractivity contribution in [2.75, 3.05) is 20.2 Å². The molecule has 1 aliphatic heterocycles. The second kappa shape index (κ2) is 7.42. The summed E-state index contributed by atoms with van der Waals surface area (Å²) in [4.78, 5) is 4.42. The first-order valence-corrected chi connectivity index (χ1v) is 7.90. The van der Waals surface area contributed by atoms with Gasteiger partial charge in [-0.15, -0.1) is 0 Å². The number of pyridine rings is 1. The maximum absolute atomic E-state index is 14.2. The van der Waals surface area contributed by atoms with Crippen LogP contribution >= 0.6 is 0 Å². The second-order valence-corrected chi connectivity index (χ2v) is 5.67. The molecule has 23 heavy (non-hydrogen) atoms. The lowest BCUT2D eigenvalue weighted by Gasteiger charge is -2.31. The number of para-hydroxylation sites is 1. The van der Waals surface area contributed by atoms with Gasteiger partial charge in [-0.1, -0.05) is 12.1 Å². The van der Waals surface area contributed by atoms with Crippen LogP contribution in [0.4, 0.5) is 4.39 Å². The van der Waals surface area contributed by atoms with Crippen molar-refractivity contribution in [2.24, 2.45) is 5.92 Å². The van der Waals surface area contributed by atoms with Crippen molar-refractivity contribution in [1.82, 2.24) is 10.3 Å². The van der Waals surface area contributed by atoms with Crippen LogP contribution in [0.2, 0.25) is 0 Å². The molecule has 1 N–H and O–H groups in total. The van der Waals surface area contributed by atoms with Crippen molar-refractivity contribution < 1.29 is 13.9 Å². The SMILES string of the molecule is COc1cccc(F)c1O[C@H](c1ccccn1)[C@@H]1CCCNC1. The molecule has 1 aliphatic rings. The maximum Gasteiger partial charge on any atom is 0.197 e. The molecule has 2 heterocycles. The van der Waals surface area contributed by atoms with E-state index >= 15 is 0 Å². The summed E-state index contributed by atoms with van der Waals surface area (Å²) < 4.78 is 25.6. The van der Waals surface area contributed by atoms with Crippen LogP contribution in [0.3, 0.4) is 0 Å². The molecule has 0 amide bonds. The Kier molecular flexibility index (Phi) is 5.08. The number of hydrogen-bond acceptors (Lipinski definition) is 4. The summed E-state index contributed by atoms with van der Waals surface area (Å²) >= 11 is 0. The van der Waals surface area contributed by atoms with E-state index in [1.165, 1.54) is 13.2 Å². The molecule has 4 nitrogen and oxygen atoms in total. The van der Waals surface area contributed by atoms with Gasteiger partial charge in [0.2, 0.25) is 0 Å². The molecular weight excluding hydrogens is 295 g/mol. The van der Waals surface area contributed by atoms with E-state index in [4.69, 9.17) is 9.47 Å². The number of rotatable bonds is 5. The van der Waals surface area contributed by atoms with Gasteiger partial charge < -0.3 is 14.8 Å². The number of methoxy groups -OCH3 is 1. The molecule has 3 rings (SSSR count). The number of benzene rings is 1. The minimum absolute atomic E-state index is 0.149. The van der Waals surface area contributed by atoms with E-state index in [1.807, 2.05) is 18.2 Å². The molecule has 1 fully saturated rings. The minimum Gasteiger partial charge on any atom is -0.493 e. The topological polar surface area (TPSA) is 43.4 Å². The van der Waals surface area contributed by atoms with Gasteiger partial charge in [0, 0.05) is 18.7 Å². The summed E-state index contributed by atoms with van der Waals surface area (Å²) in [6.45, 7) is 1.84. The first kappa shape index (κ1) is 15.7. The third-order valence-corrected chi connectivity index (χ3v) is 4.14. The van der Waals surface area contributed by atoms with Crippen molar-refractivity contribution in [3.63, 3.8) is 0 Å². The van der Waals surface area contributed by atoms with Gasteiger partial charge in [0.25, 0.3) is 0 Å². The zero-order valence-corrected chi connectivity index (χ0v) is 13.2. The molecule has 1 saturated heterocycles. The zero-order chi connectivity index (χ0) is 16.1. The van der Waals surface area contributed by atoms with Gasteiger partial charge >= 0.3 is 0 Å². The second-order valence-electron chi connectivity index (χ2n) is 5.67. The summed E-state index contributed by atoms with van der Waals surface area (Å²) in [6.07, 6.45) is 3.52. The Morgan fingerprint density at radius 3 is 2.87 bits per heavy atom. The fourth-order valence-corrected chi connectivity index (χ4v) is 2.97. The molecule has 1 aromatic carbocycles. The van der Waals surface area contributed by atoms with Gasteiger partial charge in [-0.25, -0.2) is 4.39 Å². The van der Waals surface area contributed by atoms with Crippen LogP contribution < -0.4 is 14.8 Å². The normalized spacial score (nSPS) is 19.1. The first-order chi connectivity index (χ1) is 11.3. The fraction of sp³-hybridized carbons (Fsp3) is 0.389. The number of nitrogens with zero attached hydrogens (tertiary/aromatic N) is 1. The van der Waals surface area contributed by atoms with E-state index in [-0.39, 0.29) is 17.8 Å². The van der Waals surface area contributed by atoms with Crippen molar-refractivity contribution >= 4 is 0 Å². The molecule has 0 spiro atoms. The molecular formula is C18H21FN2O2. The van der Waals surface area contributed by atoms with Gasteiger partial charge in [0.05, 0.1) is 12.8 Å². The molecule has 0 bridgehead atoms. The van der Waals surface area contributed by atoms with Crippen LogP contribution in [0.25, 0.3) is 0 Å². The van der Waals surface area contributed by atoms with E-state index in [1.54, 1.807) is 18.3 Å². The standard InChI is InChI=1S/C18H21FN2O2/c1-22-16-9-4-7-14(19)18(16)23-17(13-6-5-10-20-12-13)15-8-2-3-11-21-15/h2-4,7-9,11,13,17,20H,5-6,10,12H2,1H3/t13-,17+/m1/s1. The van der Waals surface area contributed by atoms with Crippen LogP contribution in [0.15, 0.2) is 42.6 Å². The highest BCUT2D eigenvalue weighted by molar-refractivity contribution is 5.41. The Hall–Kier alpha value is -2.14. The highest BCUT2D eigenvalue weighted by atomic mass is 19.1. The third kappa shape index (κ3) is 3.62. The monoisotopic (exact) mass is 316 g/mol. The van der Waals surface area contributed by atoms with Crippen molar-refractivity contribution in [3.05, 3.63) is 54.1 Å². The number of aromatic nitrogens is 1. The Morgan fingerprint density at radius 1 is 1.26 bits per heavy atom. The Labute approximate surface area is 135 Å². The highest BCUT2D eigenvalue weighted by Crippen LogP contribution is 2.37. The highest BCUT2D eigenvalue weighted by Gasteiger charge is 2.29. The molecule has 0 aliphatic carbocycles. The first-order valence-electron chi connectivity index (χ1n) is 7.90. The minimum atomic E-state index is -0.422. The van der Waals surface area contributed by atoms with Gasteiger partial charge in [-0.2, -0.15) is 0 Å². The van der Waals surface area contributed by atoms with Crippen LogP contribution in [0.5, 0.6) is 11.5 Å². The predicted molar refractivity (Wildman–Crippen MR) is 86.2 cm³/mol. The lowest BCUT2D eigenvalue weighted by molar-refractivity contribution is 0.103. The molecule has 2 atom stereocenters. The van der Waals surface area contributed by atoms with Gasteiger partial charge in [-0.3, -0.25) is 4.98 Å². The third-order valence-electron chi connectivity index (χ3n) is 4.14. The summed E-state index contributed by atoms with van der Waals surface area (Å²) in [7, 11) is 1.51. The van der Waals surface area contributed by atoms with Crippen LogP contribution in [0.1, 0.15) is 24.6 Å². The van der Waals surface area contributed by atoms with Gasteiger partial charge in [0.1, 0.15) is 6.10 Å². The molecule has 122 valence electrons. The van der Waals surface area contributed by atoms with E-state index < -0.39 is 5.82 Å². The predicted octanol–water partition coefficient (Wildman–Crippen LogP) is 3.35. The van der Waals surface area contributed by atoms with E-state index in [2.05, 4.69) is 10.3 Å². The van der Waals surface area contributed by atoms with Crippen LogP contribution in [-0.2, 0) is 0 Å². The molecule has 5 heteroatoms. The van der Waals surface area contributed by atoms with Crippen molar-refractivity contribution in [2.45, 2.75) is 18.9 Å². The average molecular weight is 316 g/mol. The number of ether oxygens (including phenoxy) is 2. The maximum atomic E-state index is 14.2. The molecule has 2 aromatic rings. The molecule has 1 aromatic heterocycles. The number of nitrogens with one attached hydrogen (secondary N) is 1. The summed E-state index contributed by atoms with van der Waals surface area (Å²) in [5, 5.41) is 3.38. The van der Waals surface area contributed by atoms with Gasteiger partial charge in [-0.05, 0) is 43.7 Å². The quantitative estimate of drug-likeness (QED) is 0.919. The number of halogens is 1. The Bertz CT molecular complexity index is 630. The fourth-order valence-electron chi connectivity index (χ4n) is 2.97.